The fourth-order valence-electron chi connectivity index (χ4n) is 2.81. The van der Waals surface area contributed by atoms with Crippen LogP contribution in [0.15, 0.2) is 35.2 Å². The molecule has 0 fully saturated rings. The molecule has 2 aromatic carbocycles. The van der Waals surface area contributed by atoms with Crippen molar-refractivity contribution in [3.63, 3.8) is 0 Å². The molecule has 0 bridgehead atoms. The Kier molecular flexibility index (Phi) is 5.59. The highest BCUT2D eigenvalue weighted by Crippen LogP contribution is 2.28. The van der Waals surface area contributed by atoms with E-state index in [1.54, 1.807) is 6.07 Å². The van der Waals surface area contributed by atoms with Crippen molar-refractivity contribution in [1.29, 1.82) is 0 Å². The number of hydrogen-bond acceptors (Lipinski definition) is 2. The molecule has 3 nitrogen and oxygen atoms in total. The van der Waals surface area contributed by atoms with Crippen molar-refractivity contribution >= 4 is 20.9 Å². The first-order valence-corrected chi connectivity index (χ1v) is 9.43. The zero-order chi connectivity index (χ0) is 16.2. The minimum absolute atomic E-state index is 0.00444. The van der Waals surface area contributed by atoms with Crippen molar-refractivity contribution < 1.29 is 13.0 Å². The van der Waals surface area contributed by atoms with E-state index in [1.807, 2.05) is 12.1 Å². The number of benzene rings is 2. The van der Waals surface area contributed by atoms with Crippen LogP contribution in [-0.4, -0.2) is 13.0 Å². The van der Waals surface area contributed by atoms with E-state index in [0.29, 0.717) is 5.39 Å². The van der Waals surface area contributed by atoms with Gasteiger partial charge in [-0.2, -0.15) is 8.42 Å². The van der Waals surface area contributed by atoms with E-state index in [2.05, 4.69) is 19.9 Å². The average molecular weight is 320 g/mol. The Morgan fingerprint density at radius 1 is 0.955 bits per heavy atom. The SMILES string of the molecule is CCCCc1cc2cccc(S(=O)(=O)O)c2cc1CCCC. The zero-order valence-corrected chi connectivity index (χ0v) is 14.1. The van der Waals surface area contributed by atoms with Crippen LogP contribution in [0.5, 0.6) is 0 Å². The number of fused-ring (bicyclic) bond motifs is 1. The van der Waals surface area contributed by atoms with Crippen LogP contribution in [0.25, 0.3) is 10.8 Å². The maximum absolute atomic E-state index is 11.6. The van der Waals surface area contributed by atoms with Crippen LogP contribution in [0.4, 0.5) is 0 Å². The standard InChI is InChI=1S/C18H24O3S/c1-3-5-8-14-12-16-10-7-11-18(22(19,20)21)17(16)13-15(14)9-6-4-2/h7,10-13H,3-6,8-9H2,1-2H3,(H,19,20,21). The number of unbranched alkanes of at least 4 members (excludes halogenated alkanes) is 2. The van der Waals surface area contributed by atoms with E-state index < -0.39 is 10.1 Å². The lowest BCUT2D eigenvalue weighted by molar-refractivity contribution is 0.484. The summed E-state index contributed by atoms with van der Waals surface area (Å²) in [5, 5.41) is 1.50. The van der Waals surface area contributed by atoms with E-state index in [-0.39, 0.29) is 4.90 Å². The normalized spacial score (nSPS) is 12.0. The van der Waals surface area contributed by atoms with Crippen LogP contribution >= 0.6 is 0 Å². The second kappa shape index (κ2) is 7.25. The minimum atomic E-state index is -4.20. The molecule has 2 aromatic rings. The summed E-state index contributed by atoms with van der Waals surface area (Å²) in [7, 11) is -4.20. The average Bonchev–Trinajstić information content (AvgIpc) is 2.48. The Hall–Kier alpha value is -1.39. The van der Waals surface area contributed by atoms with Gasteiger partial charge in [0.05, 0.1) is 0 Å². The van der Waals surface area contributed by atoms with Gasteiger partial charge in [0, 0.05) is 5.39 Å². The largest absolute Gasteiger partial charge is 0.295 e. The highest BCUT2D eigenvalue weighted by atomic mass is 32.2. The number of aryl methyl sites for hydroxylation is 2. The molecule has 0 aliphatic carbocycles. The summed E-state index contributed by atoms with van der Waals surface area (Å²) < 4.78 is 32.6. The van der Waals surface area contributed by atoms with Gasteiger partial charge in [-0.1, -0.05) is 44.9 Å². The summed E-state index contributed by atoms with van der Waals surface area (Å²) in [4.78, 5) is 0.00444. The fraction of sp³-hybridized carbons (Fsp3) is 0.444. The Balaban J connectivity index is 2.61. The topological polar surface area (TPSA) is 54.4 Å². The van der Waals surface area contributed by atoms with Gasteiger partial charge in [-0.25, -0.2) is 0 Å². The predicted molar refractivity (Wildman–Crippen MR) is 91.0 cm³/mol. The van der Waals surface area contributed by atoms with Gasteiger partial charge in [-0.15, -0.1) is 0 Å². The Morgan fingerprint density at radius 2 is 1.55 bits per heavy atom. The molecule has 0 spiro atoms. The summed E-state index contributed by atoms with van der Waals surface area (Å²) in [6, 6.07) is 9.10. The van der Waals surface area contributed by atoms with Gasteiger partial charge >= 0.3 is 0 Å². The van der Waals surface area contributed by atoms with Crippen molar-refractivity contribution in [2.45, 2.75) is 57.3 Å². The van der Waals surface area contributed by atoms with Gasteiger partial charge in [-0.05, 0) is 54.3 Å². The molecule has 120 valence electrons. The van der Waals surface area contributed by atoms with E-state index in [9.17, 15) is 13.0 Å². The minimum Gasteiger partial charge on any atom is -0.282 e. The van der Waals surface area contributed by atoms with Crippen LogP contribution in [0.3, 0.4) is 0 Å². The van der Waals surface area contributed by atoms with E-state index in [4.69, 9.17) is 0 Å². The highest BCUT2D eigenvalue weighted by Gasteiger charge is 2.15. The van der Waals surface area contributed by atoms with Gasteiger partial charge in [0.1, 0.15) is 4.90 Å². The maximum Gasteiger partial charge on any atom is 0.295 e. The molecular formula is C18H24O3S. The summed E-state index contributed by atoms with van der Waals surface area (Å²) in [5.74, 6) is 0. The van der Waals surface area contributed by atoms with Crippen LogP contribution in [0.1, 0.15) is 50.7 Å². The van der Waals surface area contributed by atoms with Gasteiger partial charge < -0.3 is 0 Å². The Morgan fingerprint density at radius 3 is 2.09 bits per heavy atom. The fourth-order valence-corrected chi connectivity index (χ4v) is 3.52. The molecule has 0 aliphatic heterocycles. The lowest BCUT2D eigenvalue weighted by Crippen LogP contribution is -2.01. The summed E-state index contributed by atoms with van der Waals surface area (Å²) in [5.41, 5.74) is 2.51. The van der Waals surface area contributed by atoms with E-state index >= 15 is 0 Å². The lowest BCUT2D eigenvalue weighted by Gasteiger charge is -2.13. The summed E-state index contributed by atoms with van der Waals surface area (Å²) in [6.07, 6.45) is 6.41. The van der Waals surface area contributed by atoms with Crippen LogP contribution in [0, 0.1) is 0 Å². The van der Waals surface area contributed by atoms with Crippen molar-refractivity contribution in [3.05, 3.63) is 41.5 Å². The Bertz CT molecular complexity index is 748. The van der Waals surface area contributed by atoms with Crippen LogP contribution in [-0.2, 0) is 23.0 Å². The smallest absolute Gasteiger partial charge is 0.282 e. The van der Waals surface area contributed by atoms with Crippen molar-refractivity contribution in [2.75, 3.05) is 0 Å². The molecule has 0 aromatic heterocycles. The first-order valence-electron chi connectivity index (χ1n) is 7.99. The van der Waals surface area contributed by atoms with Crippen molar-refractivity contribution in [3.8, 4) is 0 Å². The monoisotopic (exact) mass is 320 g/mol. The van der Waals surface area contributed by atoms with Crippen molar-refractivity contribution in [2.24, 2.45) is 0 Å². The molecule has 0 atom stereocenters. The van der Waals surface area contributed by atoms with Crippen LogP contribution in [0.2, 0.25) is 0 Å². The second-order valence-corrected chi connectivity index (χ2v) is 7.17. The molecule has 4 heteroatoms. The second-order valence-electron chi connectivity index (χ2n) is 5.78. The molecule has 2 rings (SSSR count). The number of rotatable bonds is 7. The third-order valence-electron chi connectivity index (χ3n) is 4.04. The molecule has 0 radical (unpaired) electrons. The molecule has 22 heavy (non-hydrogen) atoms. The number of hydrogen-bond donors (Lipinski definition) is 1. The molecule has 0 saturated heterocycles. The van der Waals surface area contributed by atoms with Crippen LogP contribution < -0.4 is 0 Å². The van der Waals surface area contributed by atoms with Gasteiger partial charge in [0.15, 0.2) is 0 Å². The summed E-state index contributed by atoms with van der Waals surface area (Å²) in [6.45, 7) is 4.32. The zero-order valence-electron chi connectivity index (χ0n) is 13.3. The molecular weight excluding hydrogens is 296 g/mol. The van der Waals surface area contributed by atoms with Crippen molar-refractivity contribution in [1.82, 2.24) is 0 Å². The molecule has 0 unspecified atom stereocenters. The van der Waals surface area contributed by atoms with E-state index in [1.165, 1.54) is 17.2 Å². The third-order valence-corrected chi connectivity index (χ3v) is 4.95. The molecule has 0 aliphatic rings. The Labute approximate surface area is 133 Å². The summed E-state index contributed by atoms with van der Waals surface area (Å²) >= 11 is 0. The quantitative estimate of drug-likeness (QED) is 0.747. The molecule has 0 amide bonds. The first kappa shape index (κ1) is 17.0. The van der Waals surface area contributed by atoms with Gasteiger partial charge in [0.2, 0.25) is 0 Å². The van der Waals surface area contributed by atoms with Gasteiger partial charge in [0.25, 0.3) is 10.1 Å². The van der Waals surface area contributed by atoms with E-state index in [0.717, 1.165) is 43.9 Å². The lowest BCUT2D eigenvalue weighted by atomic mass is 9.94. The maximum atomic E-state index is 11.6. The first-order chi connectivity index (χ1) is 10.5. The molecule has 1 N–H and O–H groups in total. The predicted octanol–water partition coefficient (Wildman–Crippen LogP) is 4.77. The molecule has 0 heterocycles. The molecule has 0 saturated carbocycles. The highest BCUT2D eigenvalue weighted by molar-refractivity contribution is 7.86. The third kappa shape index (κ3) is 3.87. The van der Waals surface area contributed by atoms with Gasteiger partial charge in [-0.3, -0.25) is 4.55 Å².